The highest BCUT2D eigenvalue weighted by molar-refractivity contribution is 7.89. The third-order valence-corrected chi connectivity index (χ3v) is 6.28. The van der Waals surface area contributed by atoms with E-state index in [1.807, 2.05) is 0 Å². The zero-order valence-electron chi connectivity index (χ0n) is 16.9. The van der Waals surface area contributed by atoms with Crippen LogP contribution in [0.3, 0.4) is 0 Å². The first kappa shape index (κ1) is 23.1. The number of nitrogens with one attached hydrogen (secondary N) is 2. The first-order valence-corrected chi connectivity index (χ1v) is 11.3. The van der Waals surface area contributed by atoms with Crippen LogP contribution in [-0.4, -0.2) is 40.2 Å². The molecular formula is C21H24F2N2O5S. The Morgan fingerprint density at radius 2 is 2.00 bits per heavy atom. The van der Waals surface area contributed by atoms with Crippen LogP contribution in [0.5, 0.6) is 5.75 Å². The molecule has 0 radical (unpaired) electrons. The van der Waals surface area contributed by atoms with Gasteiger partial charge in [-0.2, -0.15) is 8.78 Å². The molecule has 0 saturated carbocycles. The molecule has 2 N–H and O–H groups in total. The standard InChI is InChI=1S/C21H24F2N2O5S/c1-14(15-5-2-7-17(11-15)30-21(22)23)25-20(26)16-6-3-9-19(12-16)31(27,28)24-13-18-8-4-10-29-18/h2-3,5-7,9,11-12,14,18,21,24H,4,8,10,13H2,1H3,(H,25,26). The van der Waals surface area contributed by atoms with Crippen LogP contribution in [0.1, 0.15) is 41.7 Å². The zero-order valence-corrected chi connectivity index (χ0v) is 17.7. The Labute approximate surface area is 179 Å². The Bertz CT molecular complexity index is 1010. The van der Waals surface area contributed by atoms with E-state index in [1.165, 1.54) is 36.4 Å². The van der Waals surface area contributed by atoms with Crippen molar-refractivity contribution in [2.75, 3.05) is 13.2 Å². The second-order valence-corrected chi connectivity index (χ2v) is 8.93. The van der Waals surface area contributed by atoms with Gasteiger partial charge in [-0.05, 0) is 55.7 Å². The fourth-order valence-corrected chi connectivity index (χ4v) is 4.33. The molecule has 2 aromatic carbocycles. The van der Waals surface area contributed by atoms with Gasteiger partial charge >= 0.3 is 6.61 Å². The number of hydrogen-bond donors (Lipinski definition) is 2. The summed E-state index contributed by atoms with van der Waals surface area (Å²) in [5.41, 5.74) is 0.723. The minimum atomic E-state index is -3.80. The van der Waals surface area contributed by atoms with E-state index in [1.54, 1.807) is 19.1 Å². The van der Waals surface area contributed by atoms with Gasteiger partial charge in [0.25, 0.3) is 5.91 Å². The lowest BCUT2D eigenvalue weighted by atomic mass is 10.1. The van der Waals surface area contributed by atoms with Crippen molar-refractivity contribution < 1.29 is 31.5 Å². The van der Waals surface area contributed by atoms with Crippen molar-refractivity contribution in [2.45, 2.75) is 43.4 Å². The molecule has 0 spiro atoms. The highest BCUT2D eigenvalue weighted by Gasteiger charge is 2.21. The summed E-state index contributed by atoms with van der Waals surface area (Å²) in [6.45, 7) is -0.466. The molecule has 7 nitrogen and oxygen atoms in total. The van der Waals surface area contributed by atoms with E-state index in [9.17, 15) is 22.0 Å². The molecule has 168 valence electrons. The normalized spacial score (nSPS) is 17.5. The summed E-state index contributed by atoms with van der Waals surface area (Å²) in [7, 11) is -3.80. The van der Waals surface area contributed by atoms with Gasteiger partial charge in [-0.15, -0.1) is 0 Å². The molecule has 1 aliphatic rings. The van der Waals surface area contributed by atoms with Crippen LogP contribution in [0.4, 0.5) is 8.78 Å². The summed E-state index contributed by atoms with van der Waals surface area (Å²) < 4.78 is 62.2. The molecule has 1 aliphatic heterocycles. The molecule has 1 amide bonds. The van der Waals surface area contributed by atoms with Crippen molar-refractivity contribution in [1.29, 1.82) is 0 Å². The van der Waals surface area contributed by atoms with Crippen molar-refractivity contribution in [3.8, 4) is 5.75 Å². The molecule has 1 heterocycles. The van der Waals surface area contributed by atoms with E-state index in [2.05, 4.69) is 14.8 Å². The Hall–Kier alpha value is -2.56. The predicted molar refractivity (Wildman–Crippen MR) is 110 cm³/mol. The van der Waals surface area contributed by atoms with Crippen LogP contribution < -0.4 is 14.8 Å². The lowest BCUT2D eigenvalue weighted by Crippen LogP contribution is -2.32. The third kappa shape index (κ3) is 6.46. The summed E-state index contributed by atoms with van der Waals surface area (Å²) in [5.74, 6) is -0.511. The second-order valence-electron chi connectivity index (χ2n) is 7.16. The molecule has 1 saturated heterocycles. The van der Waals surface area contributed by atoms with E-state index < -0.39 is 28.6 Å². The van der Waals surface area contributed by atoms with E-state index in [0.717, 1.165) is 12.8 Å². The van der Waals surface area contributed by atoms with Crippen molar-refractivity contribution in [1.82, 2.24) is 10.0 Å². The minimum absolute atomic E-state index is 0.0148. The second kappa shape index (κ2) is 10.2. The molecule has 0 aliphatic carbocycles. The van der Waals surface area contributed by atoms with Crippen molar-refractivity contribution in [3.05, 3.63) is 59.7 Å². The number of amides is 1. The lowest BCUT2D eigenvalue weighted by molar-refractivity contribution is -0.0499. The number of carbonyl (C=O) groups is 1. The van der Waals surface area contributed by atoms with Crippen molar-refractivity contribution in [2.24, 2.45) is 0 Å². The molecule has 31 heavy (non-hydrogen) atoms. The molecule has 2 atom stereocenters. The summed E-state index contributed by atoms with van der Waals surface area (Å²) in [6, 6.07) is 11.2. The SMILES string of the molecule is CC(NC(=O)c1cccc(S(=O)(=O)NCC2CCCO2)c1)c1cccc(OC(F)F)c1. The largest absolute Gasteiger partial charge is 0.435 e. The topological polar surface area (TPSA) is 93.7 Å². The summed E-state index contributed by atoms with van der Waals surface area (Å²) in [6.07, 6.45) is 1.55. The van der Waals surface area contributed by atoms with Crippen LogP contribution in [0.15, 0.2) is 53.4 Å². The summed E-state index contributed by atoms with van der Waals surface area (Å²) in [4.78, 5) is 12.6. The molecule has 2 unspecified atom stereocenters. The third-order valence-electron chi connectivity index (χ3n) is 4.86. The maximum absolute atomic E-state index is 12.6. The van der Waals surface area contributed by atoms with E-state index in [4.69, 9.17) is 4.74 Å². The van der Waals surface area contributed by atoms with Crippen LogP contribution in [-0.2, 0) is 14.8 Å². The Morgan fingerprint density at radius 3 is 2.71 bits per heavy atom. The van der Waals surface area contributed by atoms with Gasteiger partial charge in [0.15, 0.2) is 0 Å². The average molecular weight is 454 g/mol. The van der Waals surface area contributed by atoms with Gasteiger partial charge in [0.1, 0.15) is 5.75 Å². The fraction of sp³-hybridized carbons (Fsp3) is 0.381. The summed E-state index contributed by atoms with van der Waals surface area (Å²) in [5, 5.41) is 2.73. The average Bonchev–Trinajstić information content (AvgIpc) is 3.26. The van der Waals surface area contributed by atoms with E-state index in [0.29, 0.717) is 12.2 Å². The van der Waals surface area contributed by atoms with Gasteiger partial charge < -0.3 is 14.8 Å². The number of rotatable bonds is 9. The highest BCUT2D eigenvalue weighted by Crippen LogP contribution is 2.21. The summed E-state index contributed by atoms with van der Waals surface area (Å²) >= 11 is 0. The maximum Gasteiger partial charge on any atom is 0.387 e. The molecular weight excluding hydrogens is 430 g/mol. The van der Waals surface area contributed by atoms with Crippen LogP contribution in [0, 0.1) is 0 Å². The number of halogens is 2. The Morgan fingerprint density at radius 1 is 1.23 bits per heavy atom. The van der Waals surface area contributed by atoms with Crippen LogP contribution in [0.25, 0.3) is 0 Å². The van der Waals surface area contributed by atoms with Gasteiger partial charge in [-0.25, -0.2) is 13.1 Å². The zero-order chi connectivity index (χ0) is 22.4. The number of hydrogen-bond acceptors (Lipinski definition) is 5. The van der Waals surface area contributed by atoms with Gasteiger partial charge in [0.05, 0.1) is 17.0 Å². The molecule has 0 aromatic heterocycles. The predicted octanol–water partition coefficient (Wildman–Crippen LogP) is 3.24. The van der Waals surface area contributed by atoms with Gasteiger partial charge in [-0.1, -0.05) is 18.2 Å². The number of sulfonamides is 1. The Kier molecular flexibility index (Phi) is 7.58. The smallest absolute Gasteiger partial charge is 0.387 e. The molecule has 2 aromatic rings. The molecule has 3 rings (SSSR count). The van der Waals surface area contributed by atoms with Gasteiger partial charge in [0, 0.05) is 18.7 Å². The quantitative estimate of drug-likeness (QED) is 0.607. The Balaban J connectivity index is 1.66. The number of carbonyl (C=O) groups excluding carboxylic acids is 1. The van der Waals surface area contributed by atoms with Crippen LogP contribution >= 0.6 is 0 Å². The molecule has 0 bridgehead atoms. The highest BCUT2D eigenvalue weighted by atomic mass is 32.2. The first-order chi connectivity index (χ1) is 14.7. The number of ether oxygens (including phenoxy) is 2. The lowest BCUT2D eigenvalue weighted by Gasteiger charge is -2.16. The maximum atomic E-state index is 12.6. The van der Waals surface area contributed by atoms with E-state index in [-0.39, 0.29) is 28.9 Å². The minimum Gasteiger partial charge on any atom is -0.435 e. The van der Waals surface area contributed by atoms with Gasteiger partial charge in [-0.3, -0.25) is 4.79 Å². The van der Waals surface area contributed by atoms with Crippen LogP contribution in [0.2, 0.25) is 0 Å². The molecule has 10 heteroatoms. The molecule has 1 fully saturated rings. The van der Waals surface area contributed by atoms with Crippen molar-refractivity contribution >= 4 is 15.9 Å². The van der Waals surface area contributed by atoms with E-state index >= 15 is 0 Å². The fourth-order valence-electron chi connectivity index (χ4n) is 3.22. The number of benzene rings is 2. The number of alkyl halides is 2. The van der Waals surface area contributed by atoms with Crippen molar-refractivity contribution in [3.63, 3.8) is 0 Å². The monoisotopic (exact) mass is 454 g/mol. The van der Waals surface area contributed by atoms with Gasteiger partial charge in [0.2, 0.25) is 10.0 Å². The first-order valence-electron chi connectivity index (χ1n) is 9.81.